The van der Waals surface area contributed by atoms with Gasteiger partial charge in [-0.2, -0.15) is 0 Å². The van der Waals surface area contributed by atoms with Crippen molar-refractivity contribution in [1.82, 2.24) is 0 Å². The number of rotatable bonds is 10. The number of aliphatic hydroxyl groups excluding tert-OH is 1. The number of unbranched alkanes of at least 4 members (excludes halogenated alkanes) is 4. The number of aliphatic hydroxyl groups is 1. The molecule has 0 radical (unpaired) electrons. The van der Waals surface area contributed by atoms with Crippen molar-refractivity contribution in [1.29, 1.82) is 0 Å². The summed E-state index contributed by atoms with van der Waals surface area (Å²) >= 11 is 0. The lowest BCUT2D eigenvalue weighted by molar-refractivity contribution is 0.302. The molecule has 0 aliphatic rings. The first kappa shape index (κ1) is 23.5. The molecule has 28 heavy (non-hydrogen) atoms. The fraction of sp³-hybridized carbons (Fsp3) is 0.565. The Balaban J connectivity index is 2.67. The van der Waals surface area contributed by atoms with Gasteiger partial charge in [0, 0.05) is 30.4 Å². The second kappa shape index (κ2) is 13.6. The zero-order valence-electron chi connectivity index (χ0n) is 17.7. The third-order valence-electron chi connectivity index (χ3n) is 4.41. The Morgan fingerprint density at radius 2 is 1.14 bits per heavy atom. The van der Waals surface area contributed by atoms with E-state index in [1.54, 1.807) is 28.4 Å². The Bertz CT molecular complexity index is 732. The highest BCUT2D eigenvalue weighted by Gasteiger charge is 2.24. The van der Waals surface area contributed by atoms with Crippen LogP contribution in [0.2, 0.25) is 0 Å². The first-order valence-electron chi connectivity index (χ1n) is 9.53. The number of hydrogen-bond donors (Lipinski definition) is 1. The van der Waals surface area contributed by atoms with E-state index in [0.29, 0.717) is 23.0 Å². The minimum absolute atomic E-state index is 0.0676. The van der Waals surface area contributed by atoms with Crippen LogP contribution in [0.5, 0.6) is 23.0 Å². The first-order valence-corrected chi connectivity index (χ1v) is 9.53. The van der Waals surface area contributed by atoms with E-state index in [1.807, 2.05) is 6.92 Å². The molecule has 5 nitrogen and oxygen atoms in total. The van der Waals surface area contributed by atoms with E-state index in [4.69, 9.17) is 24.1 Å². The van der Waals surface area contributed by atoms with Crippen LogP contribution < -0.4 is 18.9 Å². The molecule has 0 spiro atoms. The Kier molecular flexibility index (Phi) is 11.5. The zero-order valence-corrected chi connectivity index (χ0v) is 17.7. The van der Waals surface area contributed by atoms with Crippen LogP contribution in [-0.2, 0) is 6.42 Å². The number of ether oxygens (including phenoxy) is 4. The van der Waals surface area contributed by atoms with E-state index in [9.17, 15) is 0 Å². The van der Waals surface area contributed by atoms with Gasteiger partial charge in [0.2, 0.25) is 11.5 Å². The number of methoxy groups -OCH3 is 4. The van der Waals surface area contributed by atoms with Crippen molar-refractivity contribution >= 4 is 0 Å². The normalized spacial score (nSPS) is 9.64. The summed E-state index contributed by atoms with van der Waals surface area (Å²) in [6.45, 7) is 1.94. The topological polar surface area (TPSA) is 57.2 Å². The van der Waals surface area contributed by atoms with Crippen molar-refractivity contribution in [3.63, 3.8) is 0 Å². The van der Waals surface area contributed by atoms with E-state index in [-0.39, 0.29) is 6.61 Å². The third-order valence-corrected chi connectivity index (χ3v) is 4.41. The maximum absolute atomic E-state index is 8.58. The minimum atomic E-state index is -0.0676. The molecule has 0 amide bonds. The van der Waals surface area contributed by atoms with Gasteiger partial charge >= 0.3 is 0 Å². The van der Waals surface area contributed by atoms with Crippen molar-refractivity contribution in [2.24, 2.45) is 0 Å². The molecule has 154 valence electrons. The molecule has 1 N–H and O–H groups in total. The summed E-state index contributed by atoms with van der Waals surface area (Å²) in [5.74, 6) is 14.4. The molecule has 0 unspecified atom stereocenters. The van der Waals surface area contributed by atoms with E-state index in [0.717, 1.165) is 56.1 Å². The van der Waals surface area contributed by atoms with Gasteiger partial charge in [-0.25, -0.2) is 0 Å². The Hall–Kier alpha value is -2.50. The van der Waals surface area contributed by atoms with Crippen molar-refractivity contribution in [2.75, 3.05) is 35.0 Å². The van der Waals surface area contributed by atoms with Gasteiger partial charge in [0.15, 0.2) is 11.5 Å². The maximum Gasteiger partial charge on any atom is 0.207 e. The lowest BCUT2D eigenvalue weighted by atomic mass is 9.98. The smallest absolute Gasteiger partial charge is 0.207 e. The Morgan fingerprint density at radius 1 is 0.643 bits per heavy atom. The van der Waals surface area contributed by atoms with E-state index in [2.05, 4.69) is 23.7 Å². The number of benzene rings is 1. The average Bonchev–Trinajstić information content (AvgIpc) is 2.71. The quantitative estimate of drug-likeness (QED) is 0.486. The highest BCUT2D eigenvalue weighted by Crippen LogP contribution is 2.49. The summed E-state index contributed by atoms with van der Waals surface area (Å²) < 4.78 is 22.2. The summed E-state index contributed by atoms with van der Waals surface area (Å²) in [4.78, 5) is 0. The summed E-state index contributed by atoms with van der Waals surface area (Å²) in [7, 11) is 6.47. The monoisotopic (exact) mass is 388 g/mol. The van der Waals surface area contributed by atoms with Gasteiger partial charge in [0.25, 0.3) is 0 Å². The standard InChI is InChI=1S/C23H32O5/c1-18-19(16-14-12-10-8-6-7-9-11-13-15-17-24)21(26-3)23(28-5)22(27-4)20(18)25-2/h24H,7,9-12,14,16-17H2,1-5H3. The molecule has 1 rings (SSSR count). The fourth-order valence-corrected chi connectivity index (χ4v) is 3.06. The second-order valence-corrected chi connectivity index (χ2v) is 6.16. The summed E-state index contributed by atoms with van der Waals surface area (Å²) in [6, 6.07) is 0. The average molecular weight is 389 g/mol. The van der Waals surface area contributed by atoms with Gasteiger partial charge in [-0.05, 0) is 32.6 Å². The summed E-state index contributed by atoms with van der Waals surface area (Å²) in [5.41, 5.74) is 2.08. The molecule has 0 heterocycles. The zero-order chi connectivity index (χ0) is 20.8. The van der Waals surface area contributed by atoms with Crippen molar-refractivity contribution in [3.8, 4) is 46.7 Å². The lowest BCUT2D eigenvalue weighted by Crippen LogP contribution is -2.05. The minimum Gasteiger partial charge on any atom is -0.492 e. The van der Waals surface area contributed by atoms with Crippen LogP contribution in [0.15, 0.2) is 0 Å². The Morgan fingerprint density at radius 3 is 1.68 bits per heavy atom. The molecule has 0 saturated heterocycles. The predicted molar refractivity (Wildman–Crippen MR) is 111 cm³/mol. The molecule has 1 aromatic carbocycles. The molecule has 0 atom stereocenters. The molecule has 0 aliphatic heterocycles. The predicted octanol–water partition coefficient (Wildman–Crippen LogP) is 3.91. The van der Waals surface area contributed by atoms with Crippen LogP contribution in [0, 0.1) is 30.6 Å². The van der Waals surface area contributed by atoms with Crippen LogP contribution >= 0.6 is 0 Å². The van der Waals surface area contributed by atoms with Gasteiger partial charge in [-0.1, -0.05) is 5.92 Å². The van der Waals surface area contributed by atoms with Crippen LogP contribution in [-0.4, -0.2) is 40.2 Å². The third kappa shape index (κ3) is 6.59. The molecule has 0 saturated carbocycles. The van der Waals surface area contributed by atoms with Gasteiger partial charge in [-0.3, -0.25) is 0 Å². The molecule has 0 aliphatic carbocycles. The van der Waals surface area contributed by atoms with Crippen molar-refractivity contribution in [3.05, 3.63) is 11.1 Å². The molecule has 0 bridgehead atoms. The lowest BCUT2D eigenvalue weighted by Gasteiger charge is -2.21. The number of hydrogen-bond acceptors (Lipinski definition) is 5. The second-order valence-electron chi connectivity index (χ2n) is 6.16. The summed E-state index contributed by atoms with van der Waals surface area (Å²) in [6.07, 6.45) is 6.30. The van der Waals surface area contributed by atoms with Crippen LogP contribution in [0.25, 0.3) is 0 Å². The van der Waals surface area contributed by atoms with E-state index >= 15 is 0 Å². The Labute approximate surface area is 169 Å². The molecule has 0 aromatic heterocycles. The van der Waals surface area contributed by atoms with E-state index in [1.165, 1.54) is 0 Å². The van der Waals surface area contributed by atoms with Crippen LogP contribution in [0.3, 0.4) is 0 Å². The molecule has 1 aromatic rings. The maximum atomic E-state index is 8.58. The SMILES string of the molecule is COc1c(C)c(CCCCC#CCCCC#CCO)c(OC)c(OC)c1OC. The van der Waals surface area contributed by atoms with Gasteiger partial charge in [0.05, 0.1) is 28.4 Å². The van der Waals surface area contributed by atoms with Gasteiger partial charge < -0.3 is 24.1 Å². The van der Waals surface area contributed by atoms with Crippen LogP contribution in [0.4, 0.5) is 0 Å². The fourth-order valence-electron chi connectivity index (χ4n) is 3.06. The van der Waals surface area contributed by atoms with Gasteiger partial charge in [-0.15, -0.1) is 17.8 Å². The molecule has 5 heteroatoms. The van der Waals surface area contributed by atoms with Crippen LogP contribution in [0.1, 0.15) is 49.7 Å². The largest absolute Gasteiger partial charge is 0.492 e. The highest BCUT2D eigenvalue weighted by molar-refractivity contribution is 5.66. The molecular weight excluding hydrogens is 356 g/mol. The highest BCUT2D eigenvalue weighted by atomic mass is 16.5. The summed E-state index contributed by atoms with van der Waals surface area (Å²) in [5, 5.41) is 8.58. The molecular formula is C23H32O5. The molecule has 0 fully saturated rings. The van der Waals surface area contributed by atoms with Crippen molar-refractivity contribution in [2.45, 2.75) is 51.9 Å². The first-order chi connectivity index (χ1) is 13.7. The van der Waals surface area contributed by atoms with Gasteiger partial charge in [0.1, 0.15) is 6.61 Å². The van der Waals surface area contributed by atoms with E-state index < -0.39 is 0 Å². The van der Waals surface area contributed by atoms with Crippen molar-refractivity contribution < 1.29 is 24.1 Å².